The molecule has 0 spiro atoms. The molecule has 2 aromatic carbocycles. The molecule has 1 N–H and O–H groups in total. The maximum absolute atomic E-state index is 5.16. The van der Waals surface area contributed by atoms with Gasteiger partial charge >= 0.3 is 0 Å². The first-order valence-electron chi connectivity index (χ1n) is 9.12. The summed E-state index contributed by atoms with van der Waals surface area (Å²) < 4.78 is 5.16. The van der Waals surface area contributed by atoms with Gasteiger partial charge in [0.25, 0.3) is 0 Å². The predicted molar refractivity (Wildman–Crippen MR) is 108 cm³/mol. The Morgan fingerprint density at radius 1 is 0.962 bits per heavy atom. The van der Waals surface area contributed by atoms with Crippen LogP contribution in [0.25, 0.3) is 0 Å². The summed E-state index contributed by atoms with van der Waals surface area (Å²) in [5.41, 5.74) is 3.73. The highest BCUT2D eigenvalue weighted by atomic mass is 16.5. The second-order valence-corrected chi connectivity index (χ2v) is 6.46. The molecule has 26 heavy (non-hydrogen) atoms. The topological polar surface area (TPSA) is 40.1 Å². The van der Waals surface area contributed by atoms with E-state index in [1.165, 1.54) is 16.8 Å². The van der Waals surface area contributed by atoms with Crippen LogP contribution < -0.4 is 10.2 Å². The van der Waals surface area contributed by atoms with Crippen LogP contribution in [0, 0.1) is 0 Å². The standard InChI is InChI=1S/C21H28N4O/c1-22-21(23-16-18-8-10-19(11-9-18)17-26-2)25-14-12-24(13-15-25)20-6-4-3-5-7-20/h3-11H,12-17H2,1-2H3,(H,22,23). The molecule has 5 nitrogen and oxygen atoms in total. The largest absolute Gasteiger partial charge is 0.380 e. The monoisotopic (exact) mass is 352 g/mol. The smallest absolute Gasteiger partial charge is 0.194 e. The van der Waals surface area contributed by atoms with E-state index in [-0.39, 0.29) is 0 Å². The lowest BCUT2D eigenvalue weighted by molar-refractivity contribution is 0.185. The van der Waals surface area contributed by atoms with Gasteiger partial charge in [-0.15, -0.1) is 0 Å². The van der Waals surface area contributed by atoms with Gasteiger partial charge in [-0.3, -0.25) is 4.99 Å². The second kappa shape index (κ2) is 9.25. The molecule has 2 aromatic rings. The summed E-state index contributed by atoms with van der Waals surface area (Å²) in [6.07, 6.45) is 0. The molecule has 3 rings (SSSR count). The minimum Gasteiger partial charge on any atom is -0.380 e. The summed E-state index contributed by atoms with van der Waals surface area (Å²) in [7, 11) is 3.57. The lowest BCUT2D eigenvalue weighted by atomic mass is 10.1. The van der Waals surface area contributed by atoms with Gasteiger partial charge in [-0.05, 0) is 23.3 Å². The molecule has 0 unspecified atom stereocenters. The van der Waals surface area contributed by atoms with Crippen molar-refractivity contribution in [3.05, 3.63) is 65.7 Å². The second-order valence-electron chi connectivity index (χ2n) is 6.46. The highest BCUT2D eigenvalue weighted by Gasteiger charge is 2.19. The number of piperazine rings is 1. The Bertz CT molecular complexity index is 692. The van der Waals surface area contributed by atoms with Crippen LogP contribution in [0.3, 0.4) is 0 Å². The Kier molecular flexibility index (Phi) is 6.50. The number of nitrogens with one attached hydrogen (secondary N) is 1. The Hall–Kier alpha value is -2.53. The fourth-order valence-corrected chi connectivity index (χ4v) is 3.25. The molecule has 1 fully saturated rings. The van der Waals surface area contributed by atoms with E-state index in [1.807, 2.05) is 7.05 Å². The molecular formula is C21H28N4O. The van der Waals surface area contributed by atoms with Crippen LogP contribution in [-0.2, 0) is 17.9 Å². The quantitative estimate of drug-likeness (QED) is 0.663. The predicted octanol–water partition coefficient (Wildman–Crippen LogP) is 2.73. The number of anilines is 1. The first-order valence-corrected chi connectivity index (χ1v) is 9.12. The lowest BCUT2D eigenvalue weighted by Gasteiger charge is -2.37. The van der Waals surface area contributed by atoms with Gasteiger partial charge in [0.1, 0.15) is 0 Å². The van der Waals surface area contributed by atoms with E-state index in [1.54, 1.807) is 7.11 Å². The first kappa shape index (κ1) is 18.3. The van der Waals surface area contributed by atoms with E-state index < -0.39 is 0 Å². The third-order valence-corrected chi connectivity index (χ3v) is 4.70. The van der Waals surface area contributed by atoms with Gasteiger partial charge < -0.3 is 19.9 Å². The van der Waals surface area contributed by atoms with Gasteiger partial charge in [0, 0.05) is 52.6 Å². The Labute approximate surface area is 156 Å². The van der Waals surface area contributed by atoms with Gasteiger partial charge in [-0.2, -0.15) is 0 Å². The van der Waals surface area contributed by atoms with Crippen molar-refractivity contribution in [1.82, 2.24) is 10.2 Å². The molecule has 1 aliphatic heterocycles. The zero-order chi connectivity index (χ0) is 18.2. The number of para-hydroxylation sites is 1. The minimum atomic E-state index is 0.654. The number of rotatable bonds is 5. The average Bonchev–Trinajstić information content (AvgIpc) is 2.71. The van der Waals surface area contributed by atoms with Gasteiger partial charge in [0.2, 0.25) is 0 Å². The summed E-state index contributed by atoms with van der Waals surface area (Å²) in [5.74, 6) is 0.971. The van der Waals surface area contributed by atoms with E-state index in [4.69, 9.17) is 4.74 Å². The highest BCUT2D eigenvalue weighted by molar-refractivity contribution is 5.80. The number of hydrogen-bond donors (Lipinski definition) is 1. The Morgan fingerprint density at radius 2 is 1.62 bits per heavy atom. The van der Waals surface area contributed by atoms with E-state index in [0.29, 0.717) is 6.61 Å². The van der Waals surface area contributed by atoms with Gasteiger partial charge in [-0.1, -0.05) is 42.5 Å². The minimum absolute atomic E-state index is 0.654. The molecule has 0 radical (unpaired) electrons. The van der Waals surface area contributed by atoms with Crippen LogP contribution in [0.1, 0.15) is 11.1 Å². The molecule has 0 saturated carbocycles. The van der Waals surface area contributed by atoms with Crippen molar-refractivity contribution in [2.45, 2.75) is 13.2 Å². The van der Waals surface area contributed by atoms with E-state index in [2.05, 4.69) is 74.7 Å². The molecule has 5 heteroatoms. The fourth-order valence-electron chi connectivity index (χ4n) is 3.25. The van der Waals surface area contributed by atoms with Crippen molar-refractivity contribution in [1.29, 1.82) is 0 Å². The number of nitrogens with zero attached hydrogens (tertiary/aromatic N) is 3. The van der Waals surface area contributed by atoms with Crippen LogP contribution >= 0.6 is 0 Å². The molecule has 0 aromatic heterocycles. The maximum Gasteiger partial charge on any atom is 0.194 e. The number of hydrogen-bond acceptors (Lipinski definition) is 3. The van der Waals surface area contributed by atoms with E-state index in [0.717, 1.165) is 38.7 Å². The van der Waals surface area contributed by atoms with Crippen molar-refractivity contribution in [3.8, 4) is 0 Å². The van der Waals surface area contributed by atoms with E-state index >= 15 is 0 Å². The van der Waals surface area contributed by atoms with Crippen molar-refractivity contribution in [2.75, 3.05) is 45.2 Å². The zero-order valence-corrected chi connectivity index (χ0v) is 15.7. The van der Waals surface area contributed by atoms with Crippen LogP contribution in [0.2, 0.25) is 0 Å². The number of aliphatic imine (C=N–C) groups is 1. The average molecular weight is 352 g/mol. The fraction of sp³-hybridized carbons (Fsp3) is 0.381. The van der Waals surface area contributed by atoms with Crippen LogP contribution in [-0.4, -0.2) is 51.2 Å². The molecule has 0 aliphatic carbocycles. The molecule has 1 heterocycles. The SMILES string of the molecule is CN=C(NCc1ccc(COC)cc1)N1CCN(c2ccccc2)CC1. The number of guanidine groups is 1. The van der Waals surface area contributed by atoms with Crippen molar-refractivity contribution < 1.29 is 4.74 Å². The Balaban J connectivity index is 1.50. The van der Waals surface area contributed by atoms with Crippen LogP contribution in [0.5, 0.6) is 0 Å². The summed E-state index contributed by atoms with van der Waals surface area (Å²) in [4.78, 5) is 9.23. The van der Waals surface area contributed by atoms with Crippen molar-refractivity contribution in [2.24, 2.45) is 4.99 Å². The van der Waals surface area contributed by atoms with Crippen LogP contribution in [0.4, 0.5) is 5.69 Å². The Morgan fingerprint density at radius 3 is 2.23 bits per heavy atom. The molecular weight excluding hydrogens is 324 g/mol. The third-order valence-electron chi connectivity index (χ3n) is 4.70. The van der Waals surface area contributed by atoms with Gasteiger partial charge in [0.05, 0.1) is 6.61 Å². The van der Waals surface area contributed by atoms with Crippen LogP contribution in [0.15, 0.2) is 59.6 Å². The highest BCUT2D eigenvalue weighted by Crippen LogP contribution is 2.15. The maximum atomic E-state index is 5.16. The van der Waals surface area contributed by atoms with Gasteiger partial charge in [-0.25, -0.2) is 0 Å². The number of ether oxygens (including phenoxy) is 1. The molecule has 1 saturated heterocycles. The molecule has 0 atom stereocenters. The van der Waals surface area contributed by atoms with Crippen molar-refractivity contribution >= 4 is 11.6 Å². The summed E-state index contributed by atoms with van der Waals surface area (Å²) in [6.45, 7) is 5.40. The summed E-state index contributed by atoms with van der Waals surface area (Å²) >= 11 is 0. The first-order chi connectivity index (χ1) is 12.8. The molecule has 138 valence electrons. The van der Waals surface area contributed by atoms with Gasteiger partial charge in [0.15, 0.2) is 5.96 Å². The zero-order valence-electron chi connectivity index (χ0n) is 15.7. The molecule has 0 amide bonds. The number of methoxy groups -OCH3 is 1. The number of benzene rings is 2. The lowest BCUT2D eigenvalue weighted by Crippen LogP contribution is -2.52. The molecule has 1 aliphatic rings. The summed E-state index contributed by atoms with van der Waals surface area (Å²) in [5, 5.41) is 3.49. The van der Waals surface area contributed by atoms with E-state index in [9.17, 15) is 0 Å². The molecule has 0 bridgehead atoms. The van der Waals surface area contributed by atoms with Crippen molar-refractivity contribution in [3.63, 3.8) is 0 Å². The normalized spacial score (nSPS) is 15.2. The summed E-state index contributed by atoms with van der Waals surface area (Å²) in [6, 6.07) is 19.1. The third kappa shape index (κ3) is 4.76.